The van der Waals surface area contributed by atoms with Gasteiger partial charge in [0.2, 0.25) is 0 Å². The second-order valence-corrected chi connectivity index (χ2v) is 4.26. The zero-order valence-electron chi connectivity index (χ0n) is 10.2. The molecule has 0 aromatic carbocycles. The van der Waals surface area contributed by atoms with Crippen LogP contribution in [0.15, 0.2) is 6.20 Å². The normalized spacial score (nSPS) is 19.3. The van der Waals surface area contributed by atoms with E-state index < -0.39 is 0 Å². The number of hydrogen-bond donors (Lipinski definition) is 1. The molecule has 5 nitrogen and oxygen atoms in total. The van der Waals surface area contributed by atoms with Crippen molar-refractivity contribution < 1.29 is 9.53 Å². The molecule has 1 amide bonds. The van der Waals surface area contributed by atoms with E-state index in [1.165, 1.54) is 0 Å². The van der Waals surface area contributed by atoms with Crippen molar-refractivity contribution in [3.8, 4) is 0 Å². The van der Waals surface area contributed by atoms with Crippen molar-refractivity contribution in [1.29, 1.82) is 0 Å². The number of aromatic nitrogens is 2. The number of hydrogen-bond acceptors (Lipinski definition) is 4. The Labute approximate surface area is 101 Å². The van der Waals surface area contributed by atoms with Gasteiger partial charge < -0.3 is 10.1 Å². The summed E-state index contributed by atoms with van der Waals surface area (Å²) in [6.07, 6.45) is 3.82. The number of ether oxygens (including phenoxy) is 1. The van der Waals surface area contributed by atoms with Gasteiger partial charge in [0.15, 0.2) is 0 Å². The molecule has 1 aliphatic heterocycles. The van der Waals surface area contributed by atoms with E-state index in [9.17, 15) is 4.79 Å². The van der Waals surface area contributed by atoms with Crippen LogP contribution in [0.2, 0.25) is 0 Å². The molecule has 0 aliphatic carbocycles. The lowest BCUT2D eigenvalue weighted by Gasteiger charge is -2.11. The summed E-state index contributed by atoms with van der Waals surface area (Å²) in [7, 11) is 0. The molecule has 1 fully saturated rings. The highest BCUT2D eigenvalue weighted by Gasteiger charge is 2.17. The fourth-order valence-corrected chi connectivity index (χ4v) is 1.91. The summed E-state index contributed by atoms with van der Waals surface area (Å²) in [6.45, 7) is 4.98. The van der Waals surface area contributed by atoms with E-state index in [2.05, 4.69) is 15.3 Å². The Hall–Kier alpha value is -1.49. The number of rotatable bonds is 3. The van der Waals surface area contributed by atoms with Gasteiger partial charge in [-0.05, 0) is 26.7 Å². The van der Waals surface area contributed by atoms with Gasteiger partial charge in [-0.3, -0.25) is 4.79 Å². The summed E-state index contributed by atoms with van der Waals surface area (Å²) in [6, 6.07) is 0. The van der Waals surface area contributed by atoms with E-state index in [1.807, 2.05) is 6.92 Å². The van der Waals surface area contributed by atoms with Crippen LogP contribution in [0.4, 0.5) is 0 Å². The molecule has 1 atom stereocenters. The monoisotopic (exact) mass is 235 g/mol. The highest BCUT2D eigenvalue weighted by molar-refractivity contribution is 5.94. The minimum absolute atomic E-state index is 0.127. The van der Waals surface area contributed by atoms with Crippen LogP contribution < -0.4 is 5.32 Å². The van der Waals surface area contributed by atoms with Crippen LogP contribution in [0.3, 0.4) is 0 Å². The molecule has 0 unspecified atom stereocenters. The molecule has 0 spiro atoms. The summed E-state index contributed by atoms with van der Waals surface area (Å²) in [4.78, 5) is 20.1. The largest absolute Gasteiger partial charge is 0.376 e. The molecule has 5 heteroatoms. The molecule has 1 aromatic heterocycles. The van der Waals surface area contributed by atoms with Crippen molar-refractivity contribution in [3.63, 3.8) is 0 Å². The Morgan fingerprint density at radius 3 is 3.06 bits per heavy atom. The average molecular weight is 235 g/mol. The van der Waals surface area contributed by atoms with E-state index >= 15 is 0 Å². The van der Waals surface area contributed by atoms with Gasteiger partial charge in [0.25, 0.3) is 5.91 Å². The first-order valence-electron chi connectivity index (χ1n) is 5.87. The van der Waals surface area contributed by atoms with Crippen molar-refractivity contribution in [2.45, 2.75) is 32.8 Å². The molecule has 1 N–H and O–H groups in total. The van der Waals surface area contributed by atoms with Gasteiger partial charge in [-0.25, -0.2) is 9.97 Å². The molecule has 1 aliphatic rings. The van der Waals surface area contributed by atoms with Gasteiger partial charge in [-0.15, -0.1) is 0 Å². The Morgan fingerprint density at radius 1 is 1.59 bits per heavy atom. The Balaban J connectivity index is 1.94. The first kappa shape index (κ1) is 12.0. The standard InChI is InChI=1S/C12H17N3O2/c1-8-11(7-13-9(2)15-8)12(16)14-6-10-4-3-5-17-10/h7,10H,3-6H2,1-2H3,(H,14,16)/t10-/m0/s1. The predicted molar refractivity (Wildman–Crippen MR) is 62.8 cm³/mol. The molecule has 2 heterocycles. The van der Waals surface area contributed by atoms with Gasteiger partial charge in [0.05, 0.1) is 17.4 Å². The highest BCUT2D eigenvalue weighted by Crippen LogP contribution is 2.11. The quantitative estimate of drug-likeness (QED) is 0.849. The SMILES string of the molecule is Cc1ncc(C(=O)NC[C@@H]2CCCO2)c(C)n1. The summed E-state index contributed by atoms with van der Waals surface area (Å²) < 4.78 is 5.44. The number of carbonyl (C=O) groups is 1. The van der Waals surface area contributed by atoms with Gasteiger partial charge in [0, 0.05) is 19.3 Å². The smallest absolute Gasteiger partial charge is 0.254 e. The fourth-order valence-electron chi connectivity index (χ4n) is 1.91. The molecule has 0 radical (unpaired) electrons. The maximum absolute atomic E-state index is 11.9. The van der Waals surface area contributed by atoms with E-state index in [1.54, 1.807) is 13.1 Å². The van der Waals surface area contributed by atoms with E-state index in [-0.39, 0.29) is 12.0 Å². The zero-order valence-corrected chi connectivity index (χ0v) is 10.2. The number of carbonyl (C=O) groups excluding carboxylic acids is 1. The Kier molecular flexibility index (Phi) is 3.68. The van der Waals surface area contributed by atoms with E-state index in [4.69, 9.17) is 4.74 Å². The fraction of sp³-hybridized carbons (Fsp3) is 0.583. The van der Waals surface area contributed by atoms with Crippen LogP contribution in [-0.4, -0.2) is 35.1 Å². The summed E-state index contributed by atoms with van der Waals surface area (Å²) in [5.74, 6) is 0.552. The van der Waals surface area contributed by atoms with Gasteiger partial charge in [0.1, 0.15) is 5.82 Å². The van der Waals surface area contributed by atoms with Crippen molar-refractivity contribution in [1.82, 2.24) is 15.3 Å². The number of aryl methyl sites for hydroxylation is 2. The topological polar surface area (TPSA) is 64.1 Å². The molecular formula is C12H17N3O2. The van der Waals surface area contributed by atoms with Gasteiger partial charge in [-0.2, -0.15) is 0 Å². The predicted octanol–water partition coefficient (Wildman–Crippen LogP) is 1.00. The minimum Gasteiger partial charge on any atom is -0.376 e. The van der Waals surface area contributed by atoms with Crippen LogP contribution in [0.25, 0.3) is 0 Å². The third-order valence-corrected chi connectivity index (χ3v) is 2.86. The molecule has 1 saturated heterocycles. The van der Waals surface area contributed by atoms with Crippen molar-refractivity contribution in [2.24, 2.45) is 0 Å². The van der Waals surface area contributed by atoms with E-state index in [0.29, 0.717) is 23.6 Å². The number of nitrogens with one attached hydrogen (secondary N) is 1. The highest BCUT2D eigenvalue weighted by atomic mass is 16.5. The lowest BCUT2D eigenvalue weighted by molar-refractivity contribution is 0.0856. The molecular weight excluding hydrogens is 218 g/mol. The zero-order chi connectivity index (χ0) is 12.3. The van der Waals surface area contributed by atoms with Crippen LogP contribution in [0.5, 0.6) is 0 Å². The summed E-state index contributed by atoms with van der Waals surface area (Å²) >= 11 is 0. The maximum atomic E-state index is 11.9. The Bertz CT molecular complexity index is 414. The van der Waals surface area contributed by atoms with Crippen molar-refractivity contribution in [3.05, 3.63) is 23.3 Å². The minimum atomic E-state index is -0.127. The lowest BCUT2D eigenvalue weighted by Crippen LogP contribution is -2.32. The molecule has 0 saturated carbocycles. The van der Waals surface area contributed by atoms with Crippen molar-refractivity contribution in [2.75, 3.05) is 13.2 Å². The van der Waals surface area contributed by atoms with Crippen LogP contribution in [0.1, 0.15) is 34.7 Å². The maximum Gasteiger partial charge on any atom is 0.254 e. The molecule has 0 bridgehead atoms. The third kappa shape index (κ3) is 3.00. The van der Waals surface area contributed by atoms with Gasteiger partial charge >= 0.3 is 0 Å². The van der Waals surface area contributed by atoms with Gasteiger partial charge in [-0.1, -0.05) is 0 Å². The molecule has 1 aromatic rings. The van der Waals surface area contributed by atoms with Crippen LogP contribution in [0, 0.1) is 13.8 Å². The third-order valence-electron chi connectivity index (χ3n) is 2.86. The average Bonchev–Trinajstić information content (AvgIpc) is 2.78. The first-order valence-corrected chi connectivity index (χ1v) is 5.87. The van der Waals surface area contributed by atoms with E-state index in [0.717, 1.165) is 19.4 Å². The van der Waals surface area contributed by atoms with Crippen LogP contribution >= 0.6 is 0 Å². The first-order chi connectivity index (χ1) is 8.16. The summed E-state index contributed by atoms with van der Waals surface area (Å²) in [5.41, 5.74) is 1.25. The number of amides is 1. The van der Waals surface area contributed by atoms with Crippen molar-refractivity contribution >= 4 is 5.91 Å². The molecule has 2 rings (SSSR count). The van der Waals surface area contributed by atoms with Crippen LogP contribution in [-0.2, 0) is 4.74 Å². The molecule has 17 heavy (non-hydrogen) atoms. The summed E-state index contributed by atoms with van der Waals surface area (Å²) in [5, 5.41) is 2.86. The number of nitrogens with zero attached hydrogens (tertiary/aromatic N) is 2. The second kappa shape index (κ2) is 5.23. The molecule has 92 valence electrons. The Morgan fingerprint density at radius 2 is 2.41 bits per heavy atom. The lowest BCUT2D eigenvalue weighted by atomic mass is 10.2. The second-order valence-electron chi connectivity index (χ2n) is 4.26.